The molecular formula is C11H12N2O5. The zero-order valence-corrected chi connectivity index (χ0v) is 9.70. The summed E-state index contributed by atoms with van der Waals surface area (Å²) in [5.74, 6) is -0.627. The molecule has 1 N–H and O–H groups in total. The van der Waals surface area contributed by atoms with Crippen molar-refractivity contribution in [3.63, 3.8) is 0 Å². The quantitative estimate of drug-likeness (QED) is 0.652. The predicted octanol–water partition coefficient (Wildman–Crippen LogP) is 1.27. The highest BCUT2D eigenvalue weighted by molar-refractivity contribution is 5.75. The third-order valence-electron chi connectivity index (χ3n) is 2.73. The van der Waals surface area contributed by atoms with E-state index in [1.54, 1.807) is 6.92 Å². The summed E-state index contributed by atoms with van der Waals surface area (Å²) in [5, 5.41) is 20.2. The minimum Gasteiger partial charge on any atom is -0.408 e. The molecule has 18 heavy (non-hydrogen) atoms. The van der Waals surface area contributed by atoms with Gasteiger partial charge in [-0.25, -0.2) is 4.79 Å². The first kappa shape index (κ1) is 12.3. The minimum atomic E-state index is -0.692. The van der Waals surface area contributed by atoms with Gasteiger partial charge in [0.1, 0.15) is 0 Å². The fraction of sp³-hybridized carbons (Fsp3) is 0.364. The van der Waals surface area contributed by atoms with Gasteiger partial charge in [-0.15, -0.1) is 0 Å². The molecule has 0 saturated carbocycles. The third kappa shape index (κ3) is 2.12. The molecule has 2 aromatic rings. The molecule has 0 saturated heterocycles. The first-order valence-corrected chi connectivity index (χ1v) is 5.48. The lowest BCUT2D eigenvalue weighted by Gasteiger charge is -2.07. The molecule has 0 aliphatic rings. The summed E-state index contributed by atoms with van der Waals surface area (Å²) in [5.41, 5.74) is 0.471. The largest absolute Gasteiger partial charge is 0.420 e. The van der Waals surface area contributed by atoms with Crippen molar-refractivity contribution >= 4 is 16.8 Å². The van der Waals surface area contributed by atoms with Gasteiger partial charge in [-0.1, -0.05) is 6.92 Å². The number of rotatable bonds is 4. The zero-order valence-electron chi connectivity index (χ0n) is 9.70. The van der Waals surface area contributed by atoms with Crippen molar-refractivity contribution in [2.75, 3.05) is 0 Å². The van der Waals surface area contributed by atoms with Crippen LogP contribution in [-0.2, 0) is 6.54 Å². The van der Waals surface area contributed by atoms with Crippen LogP contribution in [0.1, 0.15) is 13.3 Å². The summed E-state index contributed by atoms with van der Waals surface area (Å²) >= 11 is 0. The highest BCUT2D eigenvalue weighted by Crippen LogP contribution is 2.20. The SMILES string of the molecule is CCC(O)Cn1c(=O)oc2ccc([N+](=O)[O-])cc21. The Morgan fingerprint density at radius 2 is 2.28 bits per heavy atom. The normalized spacial score (nSPS) is 12.8. The lowest BCUT2D eigenvalue weighted by atomic mass is 10.2. The molecule has 7 nitrogen and oxygen atoms in total. The van der Waals surface area contributed by atoms with Crippen LogP contribution >= 0.6 is 0 Å². The molecule has 0 amide bonds. The summed E-state index contributed by atoms with van der Waals surface area (Å²) in [4.78, 5) is 21.7. The predicted molar refractivity (Wildman–Crippen MR) is 63.4 cm³/mol. The summed E-state index contributed by atoms with van der Waals surface area (Å²) < 4.78 is 6.16. The number of non-ortho nitro benzene ring substituents is 1. The van der Waals surface area contributed by atoms with Crippen LogP contribution in [-0.4, -0.2) is 20.7 Å². The maximum absolute atomic E-state index is 11.6. The van der Waals surface area contributed by atoms with Gasteiger partial charge < -0.3 is 9.52 Å². The number of nitrogens with zero attached hydrogens (tertiary/aromatic N) is 2. The maximum Gasteiger partial charge on any atom is 0.420 e. The number of fused-ring (bicyclic) bond motifs is 1. The van der Waals surface area contributed by atoms with E-state index in [0.717, 1.165) is 0 Å². The van der Waals surface area contributed by atoms with E-state index in [1.807, 2.05) is 0 Å². The van der Waals surface area contributed by atoms with E-state index in [0.29, 0.717) is 11.9 Å². The molecule has 1 heterocycles. The topological polar surface area (TPSA) is 98.5 Å². The van der Waals surface area contributed by atoms with Gasteiger partial charge in [0.15, 0.2) is 5.58 Å². The second-order valence-corrected chi connectivity index (χ2v) is 3.95. The first-order valence-electron chi connectivity index (χ1n) is 5.48. The van der Waals surface area contributed by atoms with Crippen LogP contribution in [0, 0.1) is 10.1 Å². The summed E-state index contributed by atoms with van der Waals surface area (Å²) in [6.45, 7) is 1.84. The number of benzene rings is 1. The second-order valence-electron chi connectivity index (χ2n) is 3.95. The highest BCUT2D eigenvalue weighted by Gasteiger charge is 2.15. The van der Waals surface area contributed by atoms with Crippen molar-refractivity contribution in [2.24, 2.45) is 0 Å². The molecule has 0 aliphatic heterocycles. The van der Waals surface area contributed by atoms with Crippen molar-refractivity contribution < 1.29 is 14.4 Å². The highest BCUT2D eigenvalue weighted by atomic mass is 16.6. The fourth-order valence-electron chi connectivity index (χ4n) is 1.68. The van der Waals surface area contributed by atoms with Crippen molar-refractivity contribution in [1.29, 1.82) is 0 Å². The van der Waals surface area contributed by atoms with Crippen molar-refractivity contribution in [1.82, 2.24) is 4.57 Å². The zero-order chi connectivity index (χ0) is 13.3. The molecule has 2 rings (SSSR count). The molecule has 1 aromatic heterocycles. The van der Waals surface area contributed by atoms with Gasteiger partial charge in [0.05, 0.1) is 23.1 Å². The second kappa shape index (κ2) is 4.61. The smallest absolute Gasteiger partial charge is 0.408 e. The Labute approximate surface area is 101 Å². The summed E-state index contributed by atoms with van der Waals surface area (Å²) in [6.07, 6.45) is -0.212. The van der Waals surface area contributed by atoms with Crippen molar-refractivity contribution in [2.45, 2.75) is 26.0 Å². The number of aliphatic hydroxyl groups excluding tert-OH is 1. The van der Waals surface area contributed by atoms with Crippen molar-refractivity contribution in [3.05, 3.63) is 38.9 Å². The number of oxazole rings is 1. The molecule has 0 aliphatic carbocycles. The molecule has 0 spiro atoms. The van der Waals surface area contributed by atoms with Crippen LogP contribution in [0.5, 0.6) is 0 Å². The first-order chi connectivity index (χ1) is 8.52. The molecule has 7 heteroatoms. The molecule has 0 fully saturated rings. The van der Waals surface area contributed by atoms with E-state index in [-0.39, 0.29) is 17.8 Å². The Kier molecular flexibility index (Phi) is 3.15. The van der Waals surface area contributed by atoms with Crippen LogP contribution in [0.4, 0.5) is 5.69 Å². The van der Waals surface area contributed by atoms with Gasteiger partial charge >= 0.3 is 5.76 Å². The molecule has 1 unspecified atom stereocenters. The maximum atomic E-state index is 11.6. The van der Waals surface area contributed by atoms with E-state index < -0.39 is 16.8 Å². The Bertz CT molecular complexity index is 642. The van der Waals surface area contributed by atoms with Gasteiger partial charge in [-0.05, 0) is 12.5 Å². The number of nitro benzene ring substituents is 1. The Balaban J connectivity index is 2.57. The van der Waals surface area contributed by atoms with Gasteiger partial charge in [0.25, 0.3) is 5.69 Å². The summed E-state index contributed by atoms with van der Waals surface area (Å²) in [6, 6.07) is 3.91. The fourth-order valence-corrected chi connectivity index (χ4v) is 1.68. The van der Waals surface area contributed by atoms with E-state index in [9.17, 15) is 20.0 Å². The lowest BCUT2D eigenvalue weighted by molar-refractivity contribution is -0.384. The average Bonchev–Trinajstić information content (AvgIpc) is 2.65. The van der Waals surface area contributed by atoms with Crippen LogP contribution in [0.2, 0.25) is 0 Å². The van der Waals surface area contributed by atoms with Gasteiger partial charge in [-0.3, -0.25) is 14.7 Å². The number of nitro groups is 1. The number of aromatic nitrogens is 1. The van der Waals surface area contributed by atoms with E-state index in [2.05, 4.69) is 0 Å². The molecule has 1 aromatic carbocycles. The van der Waals surface area contributed by atoms with Gasteiger partial charge in [0, 0.05) is 12.1 Å². The standard InChI is InChI=1S/C11H12N2O5/c1-2-8(14)6-12-9-5-7(13(16)17)3-4-10(9)18-11(12)15/h3-5,8,14H,2,6H2,1H3. The van der Waals surface area contributed by atoms with E-state index in [1.165, 1.54) is 22.8 Å². The lowest BCUT2D eigenvalue weighted by Crippen LogP contribution is -2.22. The Morgan fingerprint density at radius 3 is 2.89 bits per heavy atom. The van der Waals surface area contributed by atoms with Crippen LogP contribution in [0.15, 0.2) is 27.4 Å². The monoisotopic (exact) mass is 252 g/mol. The van der Waals surface area contributed by atoms with Crippen molar-refractivity contribution in [3.8, 4) is 0 Å². The van der Waals surface area contributed by atoms with Gasteiger partial charge in [-0.2, -0.15) is 0 Å². The summed E-state index contributed by atoms with van der Waals surface area (Å²) in [7, 11) is 0. The number of hydrogen-bond acceptors (Lipinski definition) is 5. The molecule has 1 atom stereocenters. The average molecular weight is 252 g/mol. The number of hydrogen-bond donors (Lipinski definition) is 1. The minimum absolute atomic E-state index is 0.0590. The molecule has 96 valence electrons. The molecular weight excluding hydrogens is 240 g/mol. The molecule has 0 bridgehead atoms. The van der Waals surface area contributed by atoms with Crippen LogP contribution < -0.4 is 5.76 Å². The van der Waals surface area contributed by atoms with Crippen LogP contribution in [0.25, 0.3) is 11.1 Å². The van der Waals surface area contributed by atoms with Gasteiger partial charge in [0.2, 0.25) is 0 Å². The molecule has 0 radical (unpaired) electrons. The van der Waals surface area contributed by atoms with E-state index >= 15 is 0 Å². The van der Waals surface area contributed by atoms with E-state index in [4.69, 9.17) is 4.42 Å². The Hall–Kier alpha value is -2.15. The third-order valence-corrected chi connectivity index (χ3v) is 2.73. The van der Waals surface area contributed by atoms with Crippen LogP contribution in [0.3, 0.4) is 0 Å². The number of aliphatic hydroxyl groups is 1. The Morgan fingerprint density at radius 1 is 1.56 bits per heavy atom.